The monoisotopic (exact) mass is 1870 g/mol. The predicted octanol–water partition coefficient (Wildman–Crippen LogP) is 37.4. The molecule has 0 unspecified atom stereocenters. The van der Waals surface area contributed by atoms with Crippen LogP contribution < -0.4 is 0 Å². The van der Waals surface area contributed by atoms with Gasteiger partial charge in [-0.15, -0.1) is 0 Å². The van der Waals surface area contributed by atoms with Gasteiger partial charge in [-0.3, -0.25) is 0 Å². The Morgan fingerprint density at radius 2 is 0.347 bits per heavy atom. The molecule has 0 amide bonds. The molecular formula is C138H86N6O3. The number of nitrogens with zero attached hydrogens (tertiary/aromatic N) is 6. The van der Waals surface area contributed by atoms with Crippen LogP contribution in [-0.2, 0) is 0 Å². The van der Waals surface area contributed by atoms with Crippen molar-refractivity contribution in [1.29, 1.82) is 0 Å². The molecule has 6 heterocycles. The third-order valence-electron chi connectivity index (χ3n) is 28.4. The molecule has 0 bridgehead atoms. The molecule has 147 heavy (non-hydrogen) atoms. The first kappa shape index (κ1) is 86.4. The van der Waals surface area contributed by atoms with Crippen LogP contribution in [0.15, 0.2) is 535 Å². The fourth-order valence-corrected chi connectivity index (χ4v) is 21.4. The maximum absolute atomic E-state index is 6.28. The molecule has 9 heteroatoms. The molecule has 0 spiro atoms. The first-order valence-electron chi connectivity index (χ1n) is 49.6. The van der Waals surface area contributed by atoms with Gasteiger partial charge < -0.3 is 13.3 Å². The predicted molar refractivity (Wildman–Crippen MR) is 609 cm³/mol. The van der Waals surface area contributed by atoms with Crippen LogP contribution >= 0.6 is 0 Å². The van der Waals surface area contributed by atoms with Crippen molar-refractivity contribution in [3.05, 3.63) is 522 Å². The summed E-state index contributed by atoms with van der Waals surface area (Å²) in [4.78, 5) is 31.4. The van der Waals surface area contributed by atoms with Crippen LogP contribution in [0.1, 0.15) is 0 Å². The van der Waals surface area contributed by atoms with Crippen LogP contribution in [0.4, 0.5) is 0 Å². The Kier molecular flexibility index (Phi) is 21.8. The summed E-state index contributed by atoms with van der Waals surface area (Å²) in [6, 6.07) is 183. The van der Waals surface area contributed by atoms with Crippen molar-refractivity contribution in [3.63, 3.8) is 0 Å². The van der Waals surface area contributed by atoms with Crippen molar-refractivity contribution in [2.75, 3.05) is 0 Å². The van der Waals surface area contributed by atoms with E-state index in [1.165, 1.54) is 88.0 Å². The quantitative estimate of drug-likeness (QED) is 0.0981. The number of aromatic nitrogens is 6. The third kappa shape index (κ3) is 16.1. The summed E-state index contributed by atoms with van der Waals surface area (Å²) in [6.07, 6.45) is 0. The number of furan rings is 3. The molecular weight excluding hydrogens is 1790 g/mol. The van der Waals surface area contributed by atoms with Crippen molar-refractivity contribution in [2.24, 2.45) is 0 Å². The highest BCUT2D eigenvalue weighted by atomic mass is 16.3. The van der Waals surface area contributed by atoms with Crippen molar-refractivity contribution in [2.45, 2.75) is 0 Å². The molecule has 0 aliphatic rings. The molecule has 0 saturated heterocycles. The summed E-state index contributed by atoms with van der Waals surface area (Å²) in [5.74, 6) is 2.06. The first-order valence-corrected chi connectivity index (χ1v) is 49.6. The standard InChI is InChI=1S/C50H30N2O.2C44H28N2O/c1-2-12-31(13-3-1)48-43-26-27-46-47(42-22-8-9-23-45(42)53-46)49(43)52-50(51-48)36-17-11-16-34(29-36)32-14-10-15-33(28-32)35-24-25-41-39-20-5-4-18-37(39)38-19-6-7-21-40(38)44(41)30-35;1-3-11-29(12-4-1)30-21-23-31(24-22-30)33-15-9-16-34(27-33)35-17-10-18-36(28-35)42-38-25-26-40-41(37-19-7-8-20-39(37)47-40)43(38)46-44(45-42)32-13-5-2-6-14-32;1-3-13-29(14-4-1)35-21-7-8-22-36(35)33-19-11-17-31(27-33)32-18-12-20-34(28-32)44-45-42(30-15-5-2-6-16-30)38-25-26-40-41(43(38)46-44)37-23-9-10-24-39(37)47-40/h1-30H;2*1-28H. The largest absolute Gasteiger partial charge is 0.456 e. The molecule has 0 N–H and O–H groups in total. The highest BCUT2D eigenvalue weighted by molar-refractivity contribution is 6.27. The van der Waals surface area contributed by atoms with Gasteiger partial charge in [-0.25, -0.2) is 29.9 Å². The minimum absolute atomic E-state index is 0.681. The topological polar surface area (TPSA) is 117 Å². The molecule has 23 aromatic carbocycles. The minimum Gasteiger partial charge on any atom is -0.456 e. The minimum atomic E-state index is 0.681. The zero-order valence-corrected chi connectivity index (χ0v) is 79.6. The molecule has 0 fully saturated rings. The van der Waals surface area contributed by atoms with Crippen LogP contribution in [0.3, 0.4) is 0 Å². The van der Waals surface area contributed by atoms with Gasteiger partial charge in [0.1, 0.15) is 33.5 Å². The number of benzene rings is 23. The van der Waals surface area contributed by atoms with E-state index in [1.807, 2.05) is 103 Å². The first-order chi connectivity index (χ1) is 72.8. The van der Waals surface area contributed by atoms with Crippen LogP contribution in [-0.4, -0.2) is 29.9 Å². The maximum atomic E-state index is 6.28. The van der Waals surface area contributed by atoms with E-state index in [0.717, 1.165) is 182 Å². The van der Waals surface area contributed by atoms with Gasteiger partial charge in [-0.2, -0.15) is 0 Å². The SMILES string of the molecule is c1ccc(-c2ccc(-c3cccc(-c4cccc(-c5nc(-c6ccccc6)nc6c5ccc5oc7ccccc7c56)c4)c3)cc2)cc1.c1ccc(-c2ccccc2-c2cccc(-c3cccc(-c4nc(-c5ccccc5)c5ccc6oc7ccccc7c6c5n4)c3)c2)cc1.c1ccc(-c2nc(-c3cccc(-c4cccc(-c5ccc6c7ccccc7c7ccccc7c6c5)c4)c3)nc3c2ccc2oc4ccccc4c23)cc1. The van der Waals surface area contributed by atoms with Gasteiger partial charge in [0.15, 0.2) is 17.5 Å². The summed E-state index contributed by atoms with van der Waals surface area (Å²) in [5, 5.41) is 16.9. The lowest BCUT2D eigenvalue weighted by Crippen LogP contribution is -1.96. The fraction of sp³-hybridized carbons (Fsp3) is 0. The van der Waals surface area contributed by atoms with Crippen LogP contribution in [0.2, 0.25) is 0 Å². The number of hydrogen-bond acceptors (Lipinski definition) is 9. The van der Waals surface area contributed by atoms with Gasteiger partial charge in [-0.1, -0.05) is 425 Å². The molecule has 0 aliphatic carbocycles. The Hall–Kier alpha value is -19.7. The fourth-order valence-electron chi connectivity index (χ4n) is 21.4. The zero-order chi connectivity index (χ0) is 97.2. The average Bonchev–Trinajstić information content (AvgIpc) is 1.42. The van der Waals surface area contributed by atoms with Gasteiger partial charge in [0.05, 0.1) is 49.8 Å². The Balaban J connectivity index is 0.000000109. The highest BCUT2D eigenvalue weighted by Gasteiger charge is 2.25. The van der Waals surface area contributed by atoms with Gasteiger partial charge >= 0.3 is 0 Å². The van der Waals surface area contributed by atoms with E-state index in [2.05, 4.69) is 419 Å². The molecule has 9 nitrogen and oxygen atoms in total. The normalized spacial score (nSPS) is 11.5. The summed E-state index contributed by atoms with van der Waals surface area (Å²) in [6.45, 7) is 0. The van der Waals surface area contributed by atoms with Crippen molar-refractivity contribution >= 4 is 131 Å². The summed E-state index contributed by atoms with van der Waals surface area (Å²) in [7, 11) is 0. The Bertz CT molecular complexity index is 10200. The molecule has 0 aliphatic heterocycles. The van der Waals surface area contributed by atoms with E-state index < -0.39 is 0 Å². The molecule has 0 atom stereocenters. The second-order valence-electron chi connectivity index (χ2n) is 37.3. The second kappa shape index (κ2) is 37.0. The van der Waals surface area contributed by atoms with E-state index in [1.54, 1.807) is 0 Å². The second-order valence-corrected chi connectivity index (χ2v) is 37.3. The summed E-state index contributed by atoms with van der Waals surface area (Å²) >= 11 is 0. The van der Waals surface area contributed by atoms with Crippen molar-refractivity contribution in [1.82, 2.24) is 29.9 Å². The van der Waals surface area contributed by atoms with E-state index in [4.69, 9.17) is 43.2 Å². The number of rotatable bonds is 14. The summed E-state index contributed by atoms with van der Waals surface area (Å²) < 4.78 is 18.8. The third-order valence-corrected chi connectivity index (χ3v) is 28.4. The lowest BCUT2D eigenvalue weighted by molar-refractivity contribution is 0.669. The lowest BCUT2D eigenvalue weighted by Gasteiger charge is -2.13. The zero-order valence-electron chi connectivity index (χ0n) is 79.6. The molecule has 6 aromatic heterocycles. The number of para-hydroxylation sites is 3. The van der Waals surface area contributed by atoms with Crippen LogP contribution in [0.25, 0.3) is 288 Å². The van der Waals surface area contributed by atoms with Gasteiger partial charge in [0.2, 0.25) is 0 Å². The molecule has 29 aromatic rings. The maximum Gasteiger partial charge on any atom is 0.160 e. The van der Waals surface area contributed by atoms with Crippen LogP contribution in [0, 0.1) is 0 Å². The van der Waals surface area contributed by atoms with E-state index in [-0.39, 0.29) is 0 Å². The molecule has 0 radical (unpaired) electrons. The highest BCUT2D eigenvalue weighted by Crippen LogP contribution is 2.47. The Morgan fingerprint density at radius 3 is 0.748 bits per heavy atom. The number of fused-ring (bicyclic) bond motifs is 21. The van der Waals surface area contributed by atoms with Gasteiger partial charge in [0, 0.05) is 65.7 Å². The van der Waals surface area contributed by atoms with E-state index >= 15 is 0 Å². The summed E-state index contributed by atoms with van der Waals surface area (Å²) in [5.41, 5.74) is 35.2. The Morgan fingerprint density at radius 1 is 0.116 bits per heavy atom. The molecule has 686 valence electrons. The van der Waals surface area contributed by atoms with E-state index in [0.29, 0.717) is 17.5 Å². The molecule has 0 saturated carbocycles. The van der Waals surface area contributed by atoms with Crippen molar-refractivity contribution < 1.29 is 13.3 Å². The number of hydrogen-bond donors (Lipinski definition) is 0. The average molecular weight is 1880 g/mol. The van der Waals surface area contributed by atoms with E-state index in [9.17, 15) is 0 Å². The van der Waals surface area contributed by atoms with Crippen molar-refractivity contribution in [3.8, 4) is 157 Å². The molecule has 29 rings (SSSR count). The van der Waals surface area contributed by atoms with Crippen LogP contribution in [0.5, 0.6) is 0 Å². The Labute approximate surface area is 846 Å². The lowest BCUT2D eigenvalue weighted by atomic mass is 9.91. The van der Waals surface area contributed by atoms with Gasteiger partial charge in [0.25, 0.3) is 0 Å². The smallest absolute Gasteiger partial charge is 0.160 e. The van der Waals surface area contributed by atoms with Gasteiger partial charge in [-0.05, 0) is 218 Å².